The molecule has 0 atom stereocenters. The van der Waals surface area contributed by atoms with Crippen molar-refractivity contribution < 1.29 is 47.2 Å². The summed E-state index contributed by atoms with van der Waals surface area (Å²) in [5, 5.41) is 0. The van der Waals surface area contributed by atoms with E-state index in [4.69, 9.17) is 0 Å². The maximum absolute atomic E-state index is 0. The fourth-order valence-electron chi connectivity index (χ4n) is 0. The Kier molecular flexibility index (Phi) is 1130. The van der Waals surface area contributed by atoms with Crippen LogP contribution in [0.3, 0.4) is 0 Å². The molecule has 0 fully saturated rings. The molecule has 0 heterocycles. The topological polar surface area (TPSA) is 28.5 Å². The van der Waals surface area contributed by atoms with E-state index in [1.54, 1.807) is 0 Å². The van der Waals surface area contributed by atoms with Gasteiger partial charge in [0.2, 0.25) is 0 Å². The first-order chi connectivity index (χ1) is 0. The van der Waals surface area contributed by atoms with E-state index < -0.39 is 0 Å². The molecule has 0 amide bonds. The molecule has 0 aliphatic carbocycles. The average Bonchev–Trinajstić information content (AvgIpc) is 0. The van der Waals surface area contributed by atoms with Gasteiger partial charge in [-0.1, -0.05) is 0 Å². The first kappa shape index (κ1) is 101. The quantitative estimate of drug-likeness (QED) is 0.527. The third-order valence-electron chi connectivity index (χ3n) is 0. The summed E-state index contributed by atoms with van der Waals surface area (Å²) in [4.78, 5) is 0. The first-order valence-corrected chi connectivity index (χ1v) is 0. The van der Waals surface area contributed by atoms with Crippen LogP contribution in [0, 0.1) is 64.0 Å². The monoisotopic (exact) mass is 201 g/mol. The van der Waals surface area contributed by atoms with Crippen LogP contribution in [-0.2, 0) is 5.48 Å². The summed E-state index contributed by atoms with van der Waals surface area (Å²) in [5.41, 5.74) is 0. The van der Waals surface area contributed by atoms with Gasteiger partial charge in [-0.05, 0) is 0 Å². The Morgan fingerprint density at radius 1 is 0.600 bits per heavy atom. The van der Waals surface area contributed by atoms with Crippen molar-refractivity contribution in [3.8, 4) is 0 Å². The second kappa shape index (κ2) is 56.2. The van der Waals surface area contributed by atoms with E-state index in [0.717, 1.165) is 0 Å². The molecule has 0 saturated heterocycles. The predicted octanol–water partition coefficient (Wildman–Crippen LogP) is 1.23. The number of rotatable bonds is 0. The summed E-state index contributed by atoms with van der Waals surface area (Å²) in [5.74, 6) is 0. The van der Waals surface area contributed by atoms with Crippen LogP contribution in [0.1, 0.15) is 0 Å². The summed E-state index contributed by atoms with van der Waals surface area (Å²) in [6.07, 6.45) is 0. The largest absolute Gasteiger partial charge is 2.00 e. The Bertz CT molecular complexity index is 6.85. The van der Waals surface area contributed by atoms with Crippen molar-refractivity contribution in [3.63, 3.8) is 0 Å². The van der Waals surface area contributed by atoms with Gasteiger partial charge in [-0.25, -0.2) is 0 Å². The molecule has 2 heteroatoms. The SMILES string of the molecule is [CH3-].[CH3-].[CH3-].[Ce].[O-2]. The molecule has 0 aromatic carbocycles. The maximum atomic E-state index is 0. The number of hydrogen-bond acceptors (Lipinski definition) is 0. The molecule has 1 nitrogen and oxygen atoms in total. The third-order valence-corrected chi connectivity index (χ3v) is 0. The van der Waals surface area contributed by atoms with E-state index in [-0.39, 0.29) is 69.5 Å². The molecule has 0 N–H and O–H groups in total. The predicted molar refractivity (Wildman–Crippen MR) is 19.9 cm³/mol. The molecule has 0 spiro atoms. The Morgan fingerprint density at radius 3 is 0.600 bits per heavy atom. The normalized spacial score (nSPS) is 0. The maximum Gasteiger partial charge on any atom is 0 e. The molecular formula is C3H9CeO-5. The van der Waals surface area contributed by atoms with Crippen molar-refractivity contribution in [3.05, 3.63) is 22.3 Å². The zero-order valence-corrected chi connectivity index (χ0v) is 7.05. The standard InChI is InChI=1S/3CH3.Ce.O/h3*1H3;;/q3*-1;;-2. The van der Waals surface area contributed by atoms with Crippen molar-refractivity contribution in [1.29, 1.82) is 0 Å². The van der Waals surface area contributed by atoms with Gasteiger partial charge in [-0.15, -0.1) is 0 Å². The Morgan fingerprint density at radius 2 is 0.600 bits per heavy atom. The molecule has 0 saturated carbocycles. The van der Waals surface area contributed by atoms with Crippen molar-refractivity contribution in [2.24, 2.45) is 0 Å². The van der Waals surface area contributed by atoms with Crippen LogP contribution in [-0.4, -0.2) is 0 Å². The molecule has 0 radical (unpaired) electrons. The van der Waals surface area contributed by atoms with Gasteiger partial charge < -0.3 is 27.8 Å². The Hall–Kier alpha value is 1.34. The third kappa shape index (κ3) is 33.3. The molecule has 36 valence electrons. The van der Waals surface area contributed by atoms with Crippen molar-refractivity contribution in [2.45, 2.75) is 0 Å². The molecule has 5 heavy (non-hydrogen) atoms. The van der Waals surface area contributed by atoms with E-state index in [2.05, 4.69) is 0 Å². The smallest absolute Gasteiger partial charge is 0 e. The Balaban J connectivity index is 0. The van der Waals surface area contributed by atoms with Gasteiger partial charge >= 0.3 is 0 Å². The summed E-state index contributed by atoms with van der Waals surface area (Å²) in [7, 11) is 0. The average molecular weight is 201 g/mol. The van der Waals surface area contributed by atoms with Crippen LogP contribution in [0.4, 0.5) is 0 Å². The molecule has 0 bridgehead atoms. The minimum absolute atomic E-state index is 0. The van der Waals surface area contributed by atoms with Gasteiger partial charge in [-0.3, -0.25) is 0 Å². The fraction of sp³-hybridized carbons (Fsp3) is 0. The van der Waals surface area contributed by atoms with E-state index in [0.29, 0.717) is 0 Å². The molecule has 0 rings (SSSR count). The van der Waals surface area contributed by atoms with Gasteiger partial charge in [0.15, 0.2) is 0 Å². The molecular weight excluding hydrogens is 192 g/mol. The summed E-state index contributed by atoms with van der Waals surface area (Å²) in [6.45, 7) is 0. The van der Waals surface area contributed by atoms with Crippen LogP contribution in [0.25, 0.3) is 0 Å². The molecule has 0 aromatic rings. The summed E-state index contributed by atoms with van der Waals surface area (Å²) >= 11 is 0. The van der Waals surface area contributed by atoms with Crippen LogP contribution in [0.5, 0.6) is 0 Å². The van der Waals surface area contributed by atoms with Crippen molar-refractivity contribution >= 4 is 0 Å². The fourth-order valence-corrected chi connectivity index (χ4v) is 0. The van der Waals surface area contributed by atoms with Crippen molar-refractivity contribution in [2.75, 3.05) is 0 Å². The van der Waals surface area contributed by atoms with E-state index in [1.807, 2.05) is 0 Å². The summed E-state index contributed by atoms with van der Waals surface area (Å²) < 4.78 is 0. The number of hydrogen-bond donors (Lipinski definition) is 0. The van der Waals surface area contributed by atoms with Crippen LogP contribution >= 0.6 is 0 Å². The van der Waals surface area contributed by atoms with Gasteiger partial charge in [0, 0.05) is 41.7 Å². The zero-order valence-electron chi connectivity index (χ0n) is 3.91. The van der Waals surface area contributed by atoms with E-state index in [1.165, 1.54) is 0 Å². The van der Waals surface area contributed by atoms with Gasteiger partial charge in [-0.2, -0.15) is 0 Å². The van der Waals surface area contributed by atoms with Gasteiger partial charge in [0.25, 0.3) is 0 Å². The minimum atomic E-state index is 0. The van der Waals surface area contributed by atoms with Crippen LogP contribution < -0.4 is 0 Å². The first-order valence-electron chi connectivity index (χ1n) is 0. The zero-order chi connectivity index (χ0) is 0. The van der Waals surface area contributed by atoms with Gasteiger partial charge in [0.1, 0.15) is 0 Å². The molecule has 0 aromatic heterocycles. The van der Waals surface area contributed by atoms with Crippen molar-refractivity contribution in [1.82, 2.24) is 0 Å². The minimum Gasteiger partial charge on any atom is -2.00 e. The summed E-state index contributed by atoms with van der Waals surface area (Å²) in [6, 6.07) is 0. The Labute approximate surface area is 68.8 Å². The van der Waals surface area contributed by atoms with Crippen LogP contribution in [0.15, 0.2) is 0 Å². The molecule has 0 unspecified atom stereocenters. The molecule has 0 aliphatic rings. The second-order valence-corrected chi connectivity index (χ2v) is 0. The molecule has 0 aliphatic heterocycles. The second-order valence-electron chi connectivity index (χ2n) is 0. The van der Waals surface area contributed by atoms with Crippen LogP contribution in [0.2, 0.25) is 0 Å². The van der Waals surface area contributed by atoms with E-state index in [9.17, 15) is 0 Å². The van der Waals surface area contributed by atoms with Gasteiger partial charge in [0.05, 0.1) is 0 Å². The van der Waals surface area contributed by atoms with E-state index >= 15 is 0 Å².